The van der Waals surface area contributed by atoms with E-state index in [1.165, 1.54) is 45.2 Å². The lowest BCUT2D eigenvalue weighted by Crippen LogP contribution is -2.54. The van der Waals surface area contributed by atoms with Crippen molar-refractivity contribution in [2.75, 3.05) is 27.2 Å². The molecule has 2 fully saturated rings. The maximum atomic E-state index is 3.74. The van der Waals surface area contributed by atoms with Crippen molar-refractivity contribution in [1.29, 1.82) is 0 Å². The molecule has 0 aliphatic carbocycles. The minimum Gasteiger partial charge on any atom is -0.314 e. The summed E-state index contributed by atoms with van der Waals surface area (Å²) in [6.07, 6.45) is 6.84. The molecule has 3 unspecified atom stereocenters. The summed E-state index contributed by atoms with van der Waals surface area (Å²) in [6, 6.07) is 3.18. The summed E-state index contributed by atoms with van der Waals surface area (Å²) in [7, 11) is 4.38. The Balaban J connectivity index is 1.89. The van der Waals surface area contributed by atoms with E-state index in [0.29, 0.717) is 6.04 Å². The lowest BCUT2D eigenvalue weighted by Gasteiger charge is -2.43. The molecule has 0 spiro atoms. The van der Waals surface area contributed by atoms with Crippen LogP contribution in [0.2, 0.25) is 0 Å². The first-order valence-electron chi connectivity index (χ1n) is 7.77. The van der Waals surface area contributed by atoms with Gasteiger partial charge in [0.1, 0.15) is 0 Å². The average molecular weight is 253 g/mol. The van der Waals surface area contributed by atoms with Gasteiger partial charge < -0.3 is 10.2 Å². The SMILES string of the molecule is CCCNC1CC2CCC(C1)N2C(C)CN(C)C. The first-order chi connectivity index (χ1) is 8.61. The van der Waals surface area contributed by atoms with Crippen molar-refractivity contribution >= 4 is 0 Å². The number of hydrogen-bond donors (Lipinski definition) is 1. The first-order valence-corrected chi connectivity index (χ1v) is 7.77. The van der Waals surface area contributed by atoms with Gasteiger partial charge in [-0.1, -0.05) is 6.92 Å². The number of rotatable bonds is 6. The molecule has 3 nitrogen and oxygen atoms in total. The number of fused-ring (bicyclic) bond motifs is 2. The lowest BCUT2D eigenvalue weighted by molar-refractivity contribution is 0.0650. The van der Waals surface area contributed by atoms with Crippen LogP contribution in [-0.4, -0.2) is 61.2 Å². The second-order valence-corrected chi connectivity index (χ2v) is 6.57. The molecule has 2 bridgehead atoms. The van der Waals surface area contributed by atoms with Gasteiger partial charge in [0.15, 0.2) is 0 Å². The van der Waals surface area contributed by atoms with Gasteiger partial charge in [-0.25, -0.2) is 0 Å². The van der Waals surface area contributed by atoms with Crippen LogP contribution >= 0.6 is 0 Å². The highest BCUT2D eigenvalue weighted by Gasteiger charge is 2.42. The predicted molar refractivity (Wildman–Crippen MR) is 78.0 cm³/mol. The second-order valence-electron chi connectivity index (χ2n) is 6.57. The number of likely N-dealkylation sites (N-methyl/N-ethyl adjacent to an activating group) is 1. The topological polar surface area (TPSA) is 18.5 Å². The largest absolute Gasteiger partial charge is 0.314 e. The Bertz CT molecular complexity index is 240. The zero-order valence-electron chi connectivity index (χ0n) is 12.7. The highest BCUT2D eigenvalue weighted by molar-refractivity contribution is 4.99. The Kier molecular flexibility index (Phi) is 5.05. The standard InChI is InChI=1S/C15H31N3/c1-5-8-16-13-9-14-6-7-15(10-13)18(14)12(2)11-17(3)4/h12-16H,5-11H2,1-4H3. The molecular formula is C15H31N3. The van der Waals surface area contributed by atoms with Crippen LogP contribution in [0.3, 0.4) is 0 Å². The van der Waals surface area contributed by atoms with Gasteiger partial charge in [0.25, 0.3) is 0 Å². The third kappa shape index (κ3) is 3.25. The van der Waals surface area contributed by atoms with E-state index in [4.69, 9.17) is 0 Å². The molecule has 0 aromatic heterocycles. The monoisotopic (exact) mass is 253 g/mol. The highest BCUT2D eigenvalue weighted by atomic mass is 15.3. The molecule has 18 heavy (non-hydrogen) atoms. The van der Waals surface area contributed by atoms with E-state index in [1.807, 2.05) is 0 Å². The average Bonchev–Trinajstić information content (AvgIpc) is 2.57. The molecule has 2 rings (SSSR count). The summed E-state index contributed by atoms with van der Waals surface area (Å²) in [5.74, 6) is 0. The fourth-order valence-electron chi connectivity index (χ4n) is 4.07. The minimum absolute atomic E-state index is 0.713. The second kappa shape index (κ2) is 6.36. The summed E-state index contributed by atoms with van der Waals surface area (Å²) < 4.78 is 0. The van der Waals surface area contributed by atoms with E-state index < -0.39 is 0 Å². The highest BCUT2D eigenvalue weighted by Crippen LogP contribution is 2.37. The number of piperidine rings is 1. The van der Waals surface area contributed by atoms with Gasteiger partial charge in [0.2, 0.25) is 0 Å². The van der Waals surface area contributed by atoms with E-state index in [1.54, 1.807) is 0 Å². The maximum absolute atomic E-state index is 3.74. The van der Waals surface area contributed by atoms with Gasteiger partial charge in [-0.2, -0.15) is 0 Å². The van der Waals surface area contributed by atoms with Crippen LogP contribution in [0, 0.1) is 0 Å². The van der Waals surface area contributed by atoms with Gasteiger partial charge in [0.05, 0.1) is 0 Å². The van der Waals surface area contributed by atoms with Crippen LogP contribution in [-0.2, 0) is 0 Å². The zero-order chi connectivity index (χ0) is 13.1. The van der Waals surface area contributed by atoms with Crippen LogP contribution in [0.4, 0.5) is 0 Å². The van der Waals surface area contributed by atoms with Gasteiger partial charge in [0, 0.05) is 30.7 Å². The van der Waals surface area contributed by atoms with E-state index in [2.05, 4.69) is 43.1 Å². The zero-order valence-corrected chi connectivity index (χ0v) is 12.7. The minimum atomic E-state index is 0.713. The van der Waals surface area contributed by atoms with Crippen molar-refractivity contribution in [2.45, 2.75) is 70.1 Å². The summed E-state index contributed by atoms with van der Waals surface area (Å²) in [5, 5.41) is 3.74. The van der Waals surface area contributed by atoms with Crippen LogP contribution < -0.4 is 5.32 Å². The van der Waals surface area contributed by atoms with Crippen LogP contribution in [0.1, 0.15) is 46.0 Å². The van der Waals surface area contributed by atoms with Gasteiger partial charge in [-0.3, -0.25) is 4.90 Å². The number of nitrogens with zero attached hydrogens (tertiary/aromatic N) is 2. The quantitative estimate of drug-likeness (QED) is 0.780. The van der Waals surface area contributed by atoms with Crippen LogP contribution in [0.5, 0.6) is 0 Å². The van der Waals surface area contributed by atoms with Crippen molar-refractivity contribution in [3.8, 4) is 0 Å². The molecule has 0 aromatic carbocycles. The van der Waals surface area contributed by atoms with Crippen molar-refractivity contribution < 1.29 is 0 Å². The molecule has 106 valence electrons. The van der Waals surface area contributed by atoms with Crippen molar-refractivity contribution in [3.05, 3.63) is 0 Å². The van der Waals surface area contributed by atoms with Crippen molar-refractivity contribution in [1.82, 2.24) is 15.1 Å². The molecule has 3 heteroatoms. The van der Waals surface area contributed by atoms with Gasteiger partial charge in [-0.15, -0.1) is 0 Å². The Hall–Kier alpha value is -0.120. The summed E-state index contributed by atoms with van der Waals surface area (Å²) in [6.45, 7) is 7.05. The lowest BCUT2D eigenvalue weighted by atomic mass is 9.95. The van der Waals surface area contributed by atoms with Crippen LogP contribution in [0.25, 0.3) is 0 Å². The Labute approximate surface area is 113 Å². The summed E-state index contributed by atoms with van der Waals surface area (Å²) in [4.78, 5) is 5.15. The summed E-state index contributed by atoms with van der Waals surface area (Å²) in [5.41, 5.74) is 0. The number of hydrogen-bond acceptors (Lipinski definition) is 3. The smallest absolute Gasteiger partial charge is 0.0200 e. The Morgan fingerprint density at radius 3 is 2.33 bits per heavy atom. The van der Waals surface area contributed by atoms with Crippen molar-refractivity contribution in [3.63, 3.8) is 0 Å². The van der Waals surface area contributed by atoms with E-state index in [0.717, 1.165) is 18.1 Å². The molecule has 2 heterocycles. The fraction of sp³-hybridized carbons (Fsp3) is 1.00. The van der Waals surface area contributed by atoms with E-state index >= 15 is 0 Å². The maximum Gasteiger partial charge on any atom is 0.0200 e. The molecule has 2 saturated heterocycles. The third-order valence-electron chi connectivity index (χ3n) is 4.61. The molecule has 2 aliphatic rings. The van der Waals surface area contributed by atoms with Gasteiger partial charge >= 0.3 is 0 Å². The van der Waals surface area contributed by atoms with E-state index in [9.17, 15) is 0 Å². The number of nitrogens with one attached hydrogen (secondary N) is 1. The first kappa shape index (κ1) is 14.3. The van der Waals surface area contributed by atoms with Crippen LogP contribution in [0.15, 0.2) is 0 Å². The van der Waals surface area contributed by atoms with Crippen molar-refractivity contribution in [2.24, 2.45) is 0 Å². The van der Waals surface area contributed by atoms with E-state index in [-0.39, 0.29) is 0 Å². The molecule has 0 aromatic rings. The molecule has 0 saturated carbocycles. The molecule has 3 atom stereocenters. The molecular weight excluding hydrogens is 222 g/mol. The Morgan fingerprint density at radius 1 is 1.22 bits per heavy atom. The van der Waals surface area contributed by atoms with Gasteiger partial charge in [-0.05, 0) is 59.7 Å². The summed E-state index contributed by atoms with van der Waals surface area (Å²) >= 11 is 0. The fourth-order valence-corrected chi connectivity index (χ4v) is 4.07. The Morgan fingerprint density at radius 2 is 1.83 bits per heavy atom. The predicted octanol–water partition coefficient (Wildman–Crippen LogP) is 1.93. The molecule has 2 aliphatic heterocycles. The third-order valence-corrected chi connectivity index (χ3v) is 4.61. The molecule has 0 amide bonds. The molecule has 0 radical (unpaired) electrons. The normalized spacial score (nSPS) is 34.2. The molecule has 1 N–H and O–H groups in total.